The van der Waals surface area contributed by atoms with E-state index in [-0.39, 0.29) is 22.3 Å². The molecule has 5 aromatic rings. The van der Waals surface area contributed by atoms with E-state index in [1.54, 1.807) is 72.8 Å². The molecule has 1 unspecified atom stereocenters. The van der Waals surface area contributed by atoms with Gasteiger partial charge in [-0.2, -0.15) is 0 Å². The van der Waals surface area contributed by atoms with Crippen LogP contribution in [0.5, 0.6) is 0 Å². The van der Waals surface area contributed by atoms with Crippen molar-refractivity contribution in [1.29, 1.82) is 0 Å². The number of anilines is 8. The van der Waals surface area contributed by atoms with E-state index in [9.17, 15) is 19.5 Å². The Labute approximate surface area is 252 Å². The number of amides is 3. The molecule has 10 nitrogen and oxygen atoms in total. The molecule has 0 spiro atoms. The summed E-state index contributed by atoms with van der Waals surface area (Å²) in [4.78, 5) is 42.7. The number of carbonyl (C=O) groups excluding carboxylic acids is 3. The third-order valence-corrected chi connectivity index (χ3v) is 7.70. The lowest BCUT2D eigenvalue weighted by Crippen LogP contribution is -2.29. The van der Waals surface area contributed by atoms with Crippen LogP contribution in [-0.2, 0) is 0 Å². The maximum atomic E-state index is 13.5. The molecule has 2 heterocycles. The summed E-state index contributed by atoms with van der Waals surface area (Å²) in [6.45, 7) is 0. The van der Waals surface area contributed by atoms with E-state index in [4.69, 9.17) is 11.5 Å². The Morgan fingerprint density at radius 1 is 0.523 bits per heavy atom. The van der Waals surface area contributed by atoms with Crippen LogP contribution >= 0.6 is 0 Å². The molecule has 0 aromatic heterocycles. The van der Waals surface area contributed by atoms with Gasteiger partial charge in [-0.15, -0.1) is 0 Å². The highest BCUT2D eigenvalue weighted by atomic mass is 16.3. The van der Waals surface area contributed by atoms with Gasteiger partial charge in [0.2, 0.25) is 0 Å². The Hall–Kier alpha value is -6.13. The third-order valence-electron chi connectivity index (χ3n) is 7.70. The molecule has 0 saturated heterocycles. The summed E-state index contributed by atoms with van der Waals surface area (Å²) >= 11 is 0. The van der Waals surface area contributed by atoms with Gasteiger partial charge in [0.15, 0.2) is 6.23 Å². The van der Waals surface area contributed by atoms with Crippen LogP contribution in [0.15, 0.2) is 109 Å². The number of carbonyl (C=O) groups is 3. The van der Waals surface area contributed by atoms with Crippen molar-refractivity contribution < 1.29 is 19.5 Å². The standard InChI is InChI=1S/C34H26N6O4/c35-19-1-5-21(6-2-19)37-23-9-13-25(14-10-23)39-31(41)27-17-29-30(18-28(27)32(39)42)34(44)40(33(29)43)26-15-11-24(12-16-26)38-22-7-3-20(36)4-8-22/h1-18,31,37-38,41H,35-36H2. The first-order chi connectivity index (χ1) is 21.3. The van der Waals surface area contributed by atoms with Crippen molar-refractivity contribution in [2.45, 2.75) is 6.23 Å². The normalized spacial score (nSPS) is 15.4. The fraction of sp³-hybridized carbons (Fsp3) is 0.0294. The SMILES string of the molecule is Nc1ccc(Nc2ccc(N3C(=O)c4cc5c(cc4C3=O)C(O)N(c3ccc(Nc4ccc(N)cc4)cc3)C5=O)cc2)cc1. The molecular weight excluding hydrogens is 556 g/mol. The minimum atomic E-state index is -1.32. The highest BCUT2D eigenvalue weighted by molar-refractivity contribution is 6.35. The number of imide groups is 1. The van der Waals surface area contributed by atoms with Crippen LogP contribution in [-0.4, -0.2) is 22.8 Å². The molecule has 216 valence electrons. The molecule has 44 heavy (non-hydrogen) atoms. The van der Waals surface area contributed by atoms with Crippen molar-refractivity contribution in [3.63, 3.8) is 0 Å². The molecule has 3 amide bonds. The Balaban J connectivity index is 1.10. The molecule has 10 heteroatoms. The summed E-state index contributed by atoms with van der Waals surface area (Å²) < 4.78 is 0. The largest absolute Gasteiger partial charge is 0.399 e. The average Bonchev–Trinajstić information content (AvgIpc) is 3.43. The zero-order valence-corrected chi connectivity index (χ0v) is 23.2. The van der Waals surface area contributed by atoms with E-state index in [1.807, 2.05) is 24.3 Å². The summed E-state index contributed by atoms with van der Waals surface area (Å²) in [5.41, 5.74) is 17.6. The van der Waals surface area contributed by atoms with Gasteiger partial charge in [0, 0.05) is 50.9 Å². The minimum absolute atomic E-state index is 0.114. The number of hydrogen-bond acceptors (Lipinski definition) is 8. The fourth-order valence-corrected chi connectivity index (χ4v) is 5.44. The monoisotopic (exact) mass is 582 g/mol. The van der Waals surface area contributed by atoms with Crippen LogP contribution in [0.3, 0.4) is 0 Å². The topological polar surface area (TPSA) is 154 Å². The second-order valence-electron chi connectivity index (χ2n) is 10.6. The molecule has 0 bridgehead atoms. The molecule has 0 saturated carbocycles. The van der Waals surface area contributed by atoms with Crippen molar-refractivity contribution in [2.24, 2.45) is 0 Å². The van der Waals surface area contributed by atoms with E-state index in [0.717, 1.165) is 27.6 Å². The lowest BCUT2D eigenvalue weighted by molar-refractivity contribution is 0.0922. The molecule has 2 aliphatic heterocycles. The maximum Gasteiger partial charge on any atom is 0.266 e. The molecular formula is C34H26N6O4. The predicted octanol–water partition coefficient (Wildman–Crippen LogP) is 5.79. The quantitative estimate of drug-likeness (QED) is 0.125. The molecule has 0 fully saturated rings. The van der Waals surface area contributed by atoms with E-state index < -0.39 is 23.9 Å². The van der Waals surface area contributed by atoms with Gasteiger partial charge in [-0.25, -0.2) is 4.90 Å². The Morgan fingerprint density at radius 3 is 1.41 bits per heavy atom. The molecule has 0 radical (unpaired) electrons. The minimum Gasteiger partial charge on any atom is -0.399 e. The number of nitrogens with one attached hydrogen (secondary N) is 2. The summed E-state index contributed by atoms with van der Waals surface area (Å²) in [5.74, 6) is -1.53. The zero-order valence-electron chi connectivity index (χ0n) is 23.2. The first kappa shape index (κ1) is 26.7. The first-order valence-corrected chi connectivity index (χ1v) is 13.8. The second-order valence-corrected chi connectivity index (χ2v) is 10.6. The smallest absolute Gasteiger partial charge is 0.266 e. The zero-order chi connectivity index (χ0) is 30.5. The van der Waals surface area contributed by atoms with Gasteiger partial charge < -0.3 is 27.2 Å². The van der Waals surface area contributed by atoms with E-state index in [2.05, 4.69) is 10.6 Å². The maximum absolute atomic E-state index is 13.5. The summed E-state index contributed by atoms with van der Waals surface area (Å²) in [7, 11) is 0. The number of aliphatic hydroxyl groups excluding tert-OH is 1. The van der Waals surface area contributed by atoms with Gasteiger partial charge in [-0.1, -0.05) is 0 Å². The fourth-order valence-electron chi connectivity index (χ4n) is 5.44. The molecule has 0 aliphatic carbocycles. The lowest BCUT2D eigenvalue weighted by atomic mass is 10.0. The molecule has 5 aromatic carbocycles. The predicted molar refractivity (Wildman–Crippen MR) is 171 cm³/mol. The van der Waals surface area contributed by atoms with Crippen molar-refractivity contribution >= 4 is 63.2 Å². The van der Waals surface area contributed by atoms with Crippen LogP contribution in [0.2, 0.25) is 0 Å². The van der Waals surface area contributed by atoms with Gasteiger partial charge in [-0.3, -0.25) is 19.3 Å². The number of nitrogen functional groups attached to an aromatic ring is 2. The molecule has 1 atom stereocenters. The Morgan fingerprint density at radius 2 is 0.932 bits per heavy atom. The summed E-state index contributed by atoms with van der Waals surface area (Å²) in [5, 5.41) is 17.7. The number of aliphatic hydroxyl groups is 1. The second kappa shape index (κ2) is 10.3. The number of fused-ring (bicyclic) bond motifs is 2. The van der Waals surface area contributed by atoms with Gasteiger partial charge in [0.05, 0.1) is 16.8 Å². The molecule has 2 aliphatic rings. The van der Waals surface area contributed by atoms with E-state index >= 15 is 0 Å². The van der Waals surface area contributed by atoms with Gasteiger partial charge in [0.1, 0.15) is 0 Å². The summed E-state index contributed by atoms with van der Waals surface area (Å²) in [6.07, 6.45) is -1.32. The number of nitrogens with two attached hydrogens (primary N) is 2. The van der Waals surface area contributed by atoms with Gasteiger partial charge in [0.25, 0.3) is 17.7 Å². The van der Waals surface area contributed by atoms with E-state index in [1.165, 1.54) is 17.0 Å². The van der Waals surface area contributed by atoms with Crippen molar-refractivity contribution in [2.75, 3.05) is 31.9 Å². The highest BCUT2D eigenvalue weighted by Crippen LogP contribution is 2.40. The average molecular weight is 583 g/mol. The number of benzene rings is 5. The Bertz CT molecular complexity index is 1940. The van der Waals surface area contributed by atoms with Crippen molar-refractivity contribution in [3.8, 4) is 0 Å². The first-order valence-electron chi connectivity index (χ1n) is 13.8. The van der Waals surface area contributed by atoms with Crippen LogP contribution in [0.1, 0.15) is 42.9 Å². The Kier molecular flexibility index (Phi) is 6.26. The van der Waals surface area contributed by atoms with Crippen LogP contribution in [0.4, 0.5) is 45.5 Å². The van der Waals surface area contributed by atoms with Gasteiger partial charge >= 0.3 is 0 Å². The number of hydrogen-bond donors (Lipinski definition) is 5. The van der Waals surface area contributed by atoms with Crippen LogP contribution in [0, 0.1) is 0 Å². The van der Waals surface area contributed by atoms with Crippen LogP contribution in [0.25, 0.3) is 0 Å². The lowest BCUT2D eigenvalue weighted by Gasteiger charge is -2.21. The number of nitrogens with zero attached hydrogens (tertiary/aromatic N) is 2. The van der Waals surface area contributed by atoms with Crippen molar-refractivity contribution in [3.05, 3.63) is 131 Å². The number of rotatable bonds is 6. The summed E-state index contributed by atoms with van der Waals surface area (Å²) in [6, 6.07) is 31.3. The van der Waals surface area contributed by atoms with Gasteiger partial charge in [-0.05, 0) is 109 Å². The highest BCUT2D eigenvalue weighted by Gasteiger charge is 2.43. The van der Waals surface area contributed by atoms with Crippen molar-refractivity contribution in [1.82, 2.24) is 0 Å². The van der Waals surface area contributed by atoms with Crippen LogP contribution < -0.4 is 31.9 Å². The van der Waals surface area contributed by atoms with E-state index in [0.29, 0.717) is 22.7 Å². The molecule has 7 N–H and O–H groups in total. The third kappa shape index (κ3) is 4.55. The molecule has 7 rings (SSSR count).